The maximum absolute atomic E-state index is 13.4. The minimum atomic E-state index is -0.833. The molecule has 0 amide bonds. The van der Waals surface area contributed by atoms with E-state index in [1.807, 2.05) is 36.4 Å². The molecule has 0 heterocycles. The fourth-order valence-corrected chi connectivity index (χ4v) is 2.05. The van der Waals surface area contributed by atoms with Crippen molar-refractivity contribution in [1.82, 2.24) is 0 Å². The molecule has 0 spiro atoms. The molecule has 20 heavy (non-hydrogen) atoms. The maximum atomic E-state index is 13.4. The van der Waals surface area contributed by atoms with Gasteiger partial charge in [0.2, 0.25) is 0 Å². The van der Waals surface area contributed by atoms with E-state index in [4.69, 9.17) is 10.5 Å². The van der Waals surface area contributed by atoms with Crippen LogP contribution in [0.25, 0.3) is 10.8 Å². The number of nitrogens with two attached hydrogens (primary N) is 1. The van der Waals surface area contributed by atoms with E-state index in [9.17, 15) is 8.78 Å². The number of nitrogen functional groups attached to an aromatic ring is 1. The van der Waals surface area contributed by atoms with Gasteiger partial charge in [-0.05, 0) is 11.5 Å². The third-order valence-electron chi connectivity index (χ3n) is 3.03. The fraction of sp³-hybridized carbons (Fsp3) is 0. The molecule has 3 aromatic rings. The first-order valence-corrected chi connectivity index (χ1v) is 6.05. The largest absolute Gasteiger partial charge is 0.454 e. The second kappa shape index (κ2) is 4.81. The van der Waals surface area contributed by atoms with E-state index in [1.54, 1.807) is 6.07 Å². The summed E-state index contributed by atoms with van der Waals surface area (Å²) in [6, 6.07) is 14.8. The first kappa shape index (κ1) is 12.4. The van der Waals surface area contributed by atoms with Gasteiger partial charge in [0.05, 0.1) is 0 Å². The molecule has 0 aliphatic carbocycles. The molecule has 3 rings (SSSR count). The Morgan fingerprint density at radius 2 is 1.60 bits per heavy atom. The summed E-state index contributed by atoms with van der Waals surface area (Å²) >= 11 is 0. The van der Waals surface area contributed by atoms with Crippen LogP contribution in [0.3, 0.4) is 0 Å². The lowest BCUT2D eigenvalue weighted by molar-refractivity contribution is 0.477. The van der Waals surface area contributed by atoms with Crippen molar-refractivity contribution in [3.63, 3.8) is 0 Å². The van der Waals surface area contributed by atoms with E-state index < -0.39 is 11.6 Å². The Morgan fingerprint density at radius 1 is 0.850 bits per heavy atom. The Hall–Kier alpha value is -2.62. The van der Waals surface area contributed by atoms with Crippen molar-refractivity contribution in [2.24, 2.45) is 0 Å². The van der Waals surface area contributed by atoms with Gasteiger partial charge in [-0.1, -0.05) is 36.4 Å². The zero-order valence-corrected chi connectivity index (χ0v) is 10.4. The van der Waals surface area contributed by atoms with Gasteiger partial charge >= 0.3 is 0 Å². The molecular weight excluding hydrogens is 260 g/mol. The third-order valence-corrected chi connectivity index (χ3v) is 3.03. The molecule has 0 fully saturated rings. The van der Waals surface area contributed by atoms with E-state index in [0.717, 1.165) is 22.9 Å². The molecule has 2 N–H and O–H groups in total. The predicted molar refractivity (Wildman–Crippen MR) is 74.8 cm³/mol. The van der Waals surface area contributed by atoms with Crippen LogP contribution in [0.2, 0.25) is 0 Å². The van der Waals surface area contributed by atoms with Gasteiger partial charge < -0.3 is 10.5 Å². The van der Waals surface area contributed by atoms with Crippen LogP contribution in [0.5, 0.6) is 11.5 Å². The van der Waals surface area contributed by atoms with E-state index >= 15 is 0 Å². The summed E-state index contributed by atoms with van der Waals surface area (Å²) in [6.45, 7) is 0. The highest BCUT2D eigenvalue weighted by molar-refractivity contribution is 5.88. The van der Waals surface area contributed by atoms with Crippen LogP contribution >= 0.6 is 0 Å². The quantitative estimate of drug-likeness (QED) is 0.697. The Labute approximate surface area is 114 Å². The molecule has 0 saturated carbocycles. The second-order valence-electron chi connectivity index (χ2n) is 4.38. The van der Waals surface area contributed by atoms with Crippen LogP contribution in [0.15, 0.2) is 54.6 Å². The van der Waals surface area contributed by atoms with Crippen molar-refractivity contribution in [2.75, 3.05) is 5.73 Å². The van der Waals surface area contributed by atoms with Gasteiger partial charge in [0.25, 0.3) is 0 Å². The van der Waals surface area contributed by atoms with Gasteiger partial charge in [0.15, 0.2) is 11.6 Å². The molecule has 0 bridgehead atoms. The molecule has 0 aromatic heterocycles. The summed E-state index contributed by atoms with van der Waals surface area (Å²) < 4.78 is 32.2. The highest BCUT2D eigenvalue weighted by Gasteiger charge is 2.11. The lowest BCUT2D eigenvalue weighted by Crippen LogP contribution is -1.97. The van der Waals surface area contributed by atoms with E-state index in [0.29, 0.717) is 5.75 Å². The zero-order chi connectivity index (χ0) is 14.1. The minimum absolute atomic E-state index is 0.0288. The number of rotatable bonds is 2. The van der Waals surface area contributed by atoms with Gasteiger partial charge in [-0.3, -0.25) is 0 Å². The van der Waals surface area contributed by atoms with Crippen molar-refractivity contribution in [3.8, 4) is 11.5 Å². The van der Waals surface area contributed by atoms with Crippen LogP contribution in [-0.2, 0) is 0 Å². The van der Waals surface area contributed by atoms with Crippen LogP contribution in [0.1, 0.15) is 0 Å². The summed E-state index contributed by atoms with van der Waals surface area (Å²) in [6.07, 6.45) is 0. The molecule has 0 aliphatic rings. The van der Waals surface area contributed by atoms with E-state index in [1.165, 1.54) is 0 Å². The second-order valence-corrected chi connectivity index (χ2v) is 4.38. The Morgan fingerprint density at radius 3 is 2.45 bits per heavy atom. The summed E-state index contributed by atoms with van der Waals surface area (Å²) in [4.78, 5) is 0. The summed E-state index contributed by atoms with van der Waals surface area (Å²) in [5.41, 5.74) is 5.37. The molecule has 0 radical (unpaired) electrons. The summed E-state index contributed by atoms with van der Waals surface area (Å²) in [5.74, 6) is -1.09. The average molecular weight is 271 g/mol. The molecule has 2 nitrogen and oxygen atoms in total. The smallest absolute Gasteiger partial charge is 0.156 e. The number of anilines is 1. The number of ether oxygens (including phenoxy) is 1. The molecule has 100 valence electrons. The maximum Gasteiger partial charge on any atom is 0.156 e. The molecule has 0 aliphatic heterocycles. The highest BCUT2D eigenvalue weighted by atomic mass is 19.1. The van der Waals surface area contributed by atoms with Gasteiger partial charge in [0, 0.05) is 17.5 Å². The van der Waals surface area contributed by atoms with E-state index in [-0.39, 0.29) is 11.4 Å². The third kappa shape index (κ3) is 2.16. The Kier molecular flexibility index (Phi) is 2.99. The van der Waals surface area contributed by atoms with Crippen LogP contribution in [-0.4, -0.2) is 0 Å². The van der Waals surface area contributed by atoms with Crippen molar-refractivity contribution < 1.29 is 13.5 Å². The molecule has 0 atom stereocenters. The minimum Gasteiger partial charge on any atom is -0.454 e. The van der Waals surface area contributed by atoms with E-state index in [2.05, 4.69) is 0 Å². The van der Waals surface area contributed by atoms with Gasteiger partial charge in [0.1, 0.15) is 17.3 Å². The van der Waals surface area contributed by atoms with Crippen LogP contribution < -0.4 is 10.5 Å². The molecule has 0 unspecified atom stereocenters. The molecule has 3 aromatic carbocycles. The number of hydrogen-bond donors (Lipinski definition) is 1. The van der Waals surface area contributed by atoms with Crippen LogP contribution in [0, 0.1) is 11.6 Å². The van der Waals surface area contributed by atoms with Crippen LogP contribution in [0.4, 0.5) is 14.5 Å². The molecule has 4 heteroatoms. The topological polar surface area (TPSA) is 35.2 Å². The first-order valence-electron chi connectivity index (χ1n) is 6.05. The summed E-state index contributed by atoms with van der Waals surface area (Å²) in [5, 5.41) is 1.82. The monoisotopic (exact) mass is 271 g/mol. The zero-order valence-electron chi connectivity index (χ0n) is 10.4. The first-order chi connectivity index (χ1) is 9.65. The Balaban J connectivity index is 2.10. The molecule has 0 saturated heterocycles. The lowest BCUT2D eigenvalue weighted by atomic mass is 10.1. The Bertz CT molecular complexity index is 781. The van der Waals surface area contributed by atoms with Gasteiger partial charge in [-0.25, -0.2) is 8.78 Å². The number of benzene rings is 3. The van der Waals surface area contributed by atoms with Gasteiger partial charge in [-0.2, -0.15) is 0 Å². The number of fused-ring (bicyclic) bond motifs is 1. The lowest BCUT2D eigenvalue weighted by Gasteiger charge is -2.11. The molecular formula is C16H11F2NO. The normalized spacial score (nSPS) is 10.7. The van der Waals surface area contributed by atoms with Gasteiger partial charge in [-0.15, -0.1) is 0 Å². The van der Waals surface area contributed by atoms with Crippen molar-refractivity contribution in [2.45, 2.75) is 0 Å². The fourth-order valence-electron chi connectivity index (χ4n) is 2.05. The summed E-state index contributed by atoms with van der Waals surface area (Å²) in [7, 11) is 0. The SMILES string of the molecule is Nc1c(F)cc(F)cc1Oc1cccc2ccccc12. The van der Waals surface area contributed by atoms with Crippen molar-refractivity contribution >= 4 is 16.5 Å². The highest BCUT2D eigenvalue weighted by Crippen LogP contribution is 2.34. The number of hydrogen-bond acceptors (Lipinski definition) is 2. The standard InChI is InChI=1S/C16H11F2NO/c17-11-8-13(18)16(19)15(9-11)20-14-7-3-5-10-4-1-2-6-12(10)14/h1-9H,19H2. The number of halogens is 2. The predicted octanol–water partition coefficient (Wildman–Crippen LogP) is 4.49. The average Bonchev–Trinajstić information content (AvgIpc) is 2.44. The van der Waals surface area contributed by atoms with Crippen molar-refractivity contribution in [3.05, 3.63) is 66.2 Å². The van der Waals surface area contributed by atoms with Crippen molar-refractivity contribution in [1.29, 1.82) is 0 Å².